The van der Waals surface area contributed by atoms with Crippen LogP contribution in [-0.4, -0.2) is 31.7 Å². The van der Waals surface area contributed by atoms with E-state index in [-0.39, 0.29) is 18.4 Å². The lowest BCUT2D eigenvalue weighted by molar-refractivity contribution is -0.925. The molecule has 0 amide bonds. The van der Waals surface area contributed by atoms with Gasteiger partial charge in [-0.1, -0.05) is 57.0 Å². The second kappa shape index (κ2) is 14.3. The molecule has 0 fully saturated rings. The molecule has 1 aromatic rings. The Hall–Kier alpha value is -1.06. The van der Waals surface area contributed by atoms with Gasteiger partial charge in [-0.2, -0.15) is 0 Å². The summed E-state index contributed by atoms with van der Waals surface area (Å²) in [7, 11) is 0. The van der Waals surface area contributed by atoms with Crippen LogP contribution in [0.3, 0.4) is 0 Å². The third-order valence-electron chi connectivity index (χ3n) is 4.32. The van der Waals surface area contributed by atoms with Crippen LogP contribution in [0.1, 0.15) is 58.4 Å². The maximum absolute atomic E-state index is 12.1. The zero-order valence-electron chi connectivity index (χ0n) is 15.5. The highest BCUT2D eigenvalue weighted by molar-refractivity contribution is 5.69. The molecule has 0 spiro atoms. The monoisotopic (exact) mass is 355 g/mol. The number of benzene rings is 1. The number of esters is 1. The van der Waals surface area contributed by atoms with Crippen molar-refractivity contribution in [3.63, 3.8) is 0 Å². The fourth-order valence-corrected chi connectivity index (χ4v) is 3.02. The summed E-state index contributed by atoms with van der Waals surface area (Å²) in [6.07, 6.45) is 6.30. The first-order valence-electron chi connectivity index (χ1n) is 9.25. The minimum Gasteiger partial charge on any atom is -1.00 e. The Bertz CT molecular complexity index is 417. The molecule has 1 aromatic carbocycles. The lowest BCUT2D eigenvalue weighted by Crippen LogP contribution is -3.16. The molecule has 3 nitrogen and oxygen atoms in total. The minimum atomic E-state index is -0.0565. The van der Waals surface area contributed by atoms with Crippen molar-refractivity contribution in [1.82, 2.24) is 0 Å². The van der Waals surface area contributed by atoms with Crippen molar-refractivity contribution in [3.8, 4) is 0 Å². The first kappa shape index (κ1) is 22.9. The first-order valence-corrected chi connectivity index (χ1v) is 9.25. The second-order valence-electron chi connectivity index (χ2n) is 6.26. The molecule has 0 aliphatic heterocycles. The highest BCUT2D eigenvalue weighted by atomic mass is 35.5. The highest BCUT2D eigenvalue weighted by Crippen LogP contribution is 2.05. The smallest absolute Gasteiger partial charge is 0.311 e. The molecule has 0 heterocycles. The third-order valence-corrected chi connectivity index (χ3v) is 4.32. The second-order valence-corrected chi connectivity index (χ2v) is 6.26. The van der Waals surface area contributed by atoms with Crippen LogP contribution in [0.25, 0.3) is 0 Å². The molecule has 0 bridgehead atoms. The molecule has 0 aromatic heterocycles. The summed E-state index contributed by atoms with van der Waals surface area (Å²) in [5, 5.41) is 0. The van der Waals surface area contributed by atoms with E-state index in [0.717, 1.165) is 19.5 Å². The average Bonchev–Trinajstić information content (AvgIpc) is 2.56. The first-order chi connectivity index (χ1) is 11.2. The Morgan fingerprint density at radius 2 is 1.62 bits per heavy atom. The fourth-order valence-electron chi connectivity index (χ4n) is 3.02. The van der Waals surface area contributed by atoms with E-state index in [2.05, 4.69) is 38.1 Å². The molecule has 1 rings (SSSR count). The normalized spacial score (nSPS) is 11.8. The van der Waals surface area contributed by atoms with Crippen LogP contribution in [0.15, 0.2) is 30.3 Å². The van der Waals surface area contributed by atoms with Gasteiger partial charge in [0.1, 0.15) is 6.04 Å². The van der Waals surface area contributed by atoms with E-state index in [4.69, 9.17) is 4.74 Å². The molecule has 4 heteroatoms. The highest BCUT2D eigenvalue weighted by Gasteiger charge is 2.25. The van der Waals surface area contributed by atoms with Crippen LogP contribution in [0.2, 0.25) is 0 Å². The summed E-state index contributed by atoms with van der Waals surface area (Å²) < 4.78 is 5.22. The van der Waals surface area contributed by atoms with Crippen LogP contribution < -0.4 is 17.3 Å². The molecule has 0 saturated heterocycles. The predicted molar refractivity (Wildman–Crippen MR) is 95.7 cm³/mol. The number of hydrogen-bond donors (Lipinski definition) is 1. The zero-order valence-corrected chi connectivity index (χ0v) is 16.3. The zero-order chi connectivity index (χ0) is 16.9. The molecular formula is C20H34ClNO2. The maximum atomic E-state index is 12.1. The minimum absolute atomic E-state index is 0. The average molecular weight is 356 g/mol. The Labute approximate surface area is 154 Å². The molecule has 1 unspecified atom stereocenters. The summed E-state index contributed by atoms with van der Waals surface area (Å²) in [4.78, 5) is 13.6. The number of ether oxygens (including phenoxy) is 1. The van der Waals surface area contributed by atoms with Gasteiger partial charge in [-0.3, -0.25) is 4.79 Å². The van der Waals surface area contributed by atoms with Crippen molar-refractivity contribution < 1.29 is 26.8 Å². The SMILES string of the molecule is CCCC[NH+](CCCC)C(CC(=O)OCC)Cc1ccccc1.[Cl-]. The summed E-state index contributed by atoms with van der Waals surface area (Å²) in [6.45, 7) is 9.10. The number of quaternary nitrogens is 1. The summed E-state index contributed by atoms with van der Waals surface area (Å²) >= 11 is 0. The molecule has 24 heavy (non-hydrogen) atoms. The van der Waals surface area contributed by atoms with Gasteiger partial charge >= 0.3 is 5.97 Å². The molecule has 0 aliphatic rings. The van der Waals surface area contributed by atoms with Gasteiger partial charge in [0.15, 0.2) is 0 Å². The van der Waals surface area contributed by atoms with E-state index in [0.29, 0.717) is 19.1 Å². The van der Waals surface area contributed by atoms with Gasteiger partial charge in [-0.25, -0.2) is 0 Å². The van der Waals surface area contributed by atoms with Crippen LogP contribution in [-0.2, 0) is 16.0 Å². The van der Waals surface area contributed by atoms with Crippen LogP contribution in [0, 0.1) is 0 Å². The van der Waals surface area contributed by atoms with E-state index in [9.17, 15) is 4.79 Å². The largest absolute Gasteiger partial charge is 1.00 e. The molecule has 0 saturated carbocycles. The summed E-state index contributed by atoms with van der Waals surface area (Å²) in [5.74, 6) is -0.0565. The van der Waals surface area contributed by atoms with Crippen LogP contribution in [0.5, 0.6) is 0 Å². The van der Waals surface area contributed by atoms with Gasteiger partial charge in [0.25, 0.3) is 0 Å². The number of nitrogens with one attached hydrogen (secondary N) is 1. The van der Waals surface area contributed by atoms with Gasteiger partial charge < -0.3 is 22.0 Å². The molecular weight excluding hydrogens is 322 g/mol. The van der Waals surface area contributed by atoms with Gasteiger partial charge in [-0.05, 0) is 25.3 Å². The van der Waals surface area contributed by atoms with Crippen molar-refractivity contribution >= 4 is 5.97 Å². The Kier molecular flexibility index (Phi) is 13.7. The number of unbranched alkanes of at least 4 members (excludes halogenated alkanes) is 2. The van der Waals surface area contributed by atoms with Gasteiger partial charge in [-0.15, -0.1) is 0 Å². The van der Waals surface area contributed by atoms with Crippen LogP contribution in [0.4, 0.5) is 0 Å². The number of halogens is 1. The van der Waals surface area contributed by atoms with E-state index in [1.54, 1.807) is 4.90 Å². The van der Waals surface area contributed by atoms with Crippen molar-refractivity contribution in [2.24, 2.45) is 0 Å². The number of carbonyl (C=O) groups excluding carboxylic acids is 1. The van der Waals surface area contributed by atoms with Crippen molar-refractivity contribution in [1.29, 1.82) is 0 Å². The van der Waals surface area contributed by atoms with E-state index in [1.807, 2.05) is 13.0 Å². The quantitative estimate of drug-likeness (QED) is 0.537. The van der Waals surface area contributed by atoms with Crippen molar-refractivity contribution in [2.75, 3.05) is 19.7 Å². The third kappa shape index (κ3) is 9.29. The topological polar surface area (TPSA) is 30.7 Å². The van der Waals surface area contributed by atoms with Gasteiger partial charge in [0.2, 0.25) is 0 Å². The number of rotatable bonds is 12. The lowest BCUT2D eigenvalue weighted by atomic mass is 10.0. The Morgan fingerprint density at radius 3 is 2.12 bits per heavy atom. The van der Waals surface area contributed by atoms with E-state index in [1.165, 1.54) is 31.2 Å². The fraction of sp³-hybridized carbons (Fsp3) is 0.650. The van der Waals surface area contributed by atoms with E-state index < -0.39 is 0 Å². The van der Waals surface area contributed by atoms with Gasteiger partial charge in [0.05, 0.1) is 26.1 Å². The summed E-state index contributed by atoms with van der Waals surface area (Å²) in [5.41, 5.74) is 1.31. The molecule has 138 valence electrons. The molecule has 1 atom stereocenters. The molecule has 0 radical (unpaired) electrons. The number of carbonyl (C=O) groups is 1. The standard InChI is InChI=1S/C20H33NO2.ClH/c1-4-7-14-21(15-8-5-2)19(17-20(22)23-6-3)16-18-12-10-9-11-13-18;/h9-13,19H,4-8,14-17H2,1-3H3;1H. The number of hydrogen-bond acceptors (Lipinski definition) is 2. The van der Waals surface area contributed by atoms with Gasteiger partial charge in [0, 0.05) is 6.42 Å². The van der Waals surface area contributed by atoms with Crippen molar-refractivity contribution in [2.45, 2.75) is 65.3 Å². The molecule has 0 aliphatic carbocycles. The summed E-state index contributed by atoms with van der Waals surface area (Å²) in [6, 6.07) is 10.8. The molecule has 1 N–H and O–H groups in total. The maximum Gasteiger partial charge on any atom is 0.311 e. The van der Waals surface area contributed by atoms with Crippen LogP contribution >= 0.6 is 0 Å². The van der Waals surface area contributed by atoms with Crippen molar-refractivity contribution in [3.05, 3.63) is 35.9 Å². The Morgan fingerprint density at radius 1 is 1.04 bits per heavy atom. The lowest BCUT2D eigenvalue weighted by Gasteiger charge is -2.28. The predicted octanol–water partition coefficient (Wildman–Crippen LogP) is 0.0400. The Balaban J connectivity index is 0.00000529. The van der Waals surface area contributed by atoms with E-state index >= 15 is 0 Å².